The molecule has 1 aromatic heterocycles. The van der Waals surface area contributed by atoms with Crippen molar-refractivity contribution in [1.29, 1.82) is 0 Å². The van der Waals surface area contributed by atoms with Gasteiger partial charge in [0, 0.05) is 5.38 Å². The van der Waals surface area contributed by atoms with Crippen LogP contribution in [-0.4, -0.2) is 4.98 Å². The first-order chi connectivity index (χ1) is 7.66. The summed E-state index contributed by atoms with van der Waals surface area (Å²) in [6.45, 7) is 0.617. The van der Waals surface area contributed by atoms with E-state index in [1.54, 1.807) is 29.0 Å². The van der Waals surface area contributed by atoms with Crippen LogP contribution in [0.4, 0.5) is 11.4 Å². The van der Waals surface area contributed by atoms with Crippen LogP contribution < -0.4 is 11.1 Å². The summed E-state index contributed by atoms with van der Waals surface area (Å²) >= 11 is 13.3. The van der Waals surface area contributed by atoms with E-state index in [1.807, 2.05) is 5.38 Å². The van der Waals surface area contributed by atoms with E-state index in [0.29, 0.717) is 22.3 Å². The maximum atomic E-state index is 5.91. The predicted octanol–water partition coefficient (Wildman–Crippen LogP) is 3.64. The molecule has 0 spiro atoms. The van der Waals surface area contributed by atoms with Crippen molar-refractivity contribution < 1.29 is 0 Å². The van der Waals surface area contributed by atoms with Gasteiger partial charge < -0.3 is 11.1 Å². The van der Waals surface area contributed by atoms with Crippen molar-refractivity contribution in [2.24, 2.45) is 0 Å². The lowest BCUT2D eigenvalue weighted by atomic mass is 10.2. The number of hydrogen-bond donors (Lipinski definition) is 2. The van der Waals surface area contributed by atoms with Gasteiger partial charge in [-0.3, -0.25) is 0 Å². The zero-order chi connectivity index (χ0) is 11.5. The van der Waals surface area contributed by atoms with Crippen molar-refractivity contribution in [1.82, 2.24) is 4.98 Å². The van der Waals surface area contributed by atoms with Gasteiger partial charge in [-0.1, -0.05) is 23.2 Å². The second-order valence-electron chi connectivity index (χ2n) is 3.19. The van der Waals surface area contributed by atoms with Crippen LogP contribution in [0.5, 0.6) is 0 Å². The van der Waals surface area contributed by atoms with Gasteiger partial charge in [-0.05, 0) is 12.1 Å². The Morgan fingerprint density at radius 1 is 1.31 bits per heavy atom. The van der Waals surface area contributed by atoms with E-state index >= 15 is 0 Å². The summed E-state index contributed by atoms with van der Waals surface area (Å²) in [5, 5.41) is 6.07. The number of halogens is 2. The van der Waals surface area contributed by atoms with Gasteiger partial charge >= 0.3 is 0 Å². The average molecular weight is 274 g/mol. The van der Waals surface area contributed by atoms with E-state index in [4.69, 9.17) is 28.9 Å². The van der Waals surface area contributed by atoms with E-state index in [1.165, 1.54) is 0 Å². The number of benzene rings is 1. The third-order valence-electron chi connectivity index (χ3n) is 2.04. The molecular formula is C10H9Cl2N3S. The Bertz CT molecular complexity index is 485. The highest BCUT2D eigenvalue weighted by Crippen LogP contribution is 2.30. The van der Waals surface area contributed by atoms with Crippen LogP contribution in [0.2, 0.25) is 10.0 Å². The minimum absolute atomic E-state index is 0.457. The first-order valence-corrected chi connectivity index (χ1v) is 6.22. The fraction of sp³-hybridized carbons (Fsp3) is 0.100. The maximum absolute atomic E-state index is 5.91. The summed E-state index contributed by atoms with van der Waals surface area (Å²) < 4.78 is 0. The lowest BCUT2D eigenvalue weighted by molar-refractivity contribution is 1.08. The second-order valence-corrected chi connectivity index (χ2v) is 4.72. The molecule has 0 bridgehead atoms. The first-order valence-electron chi connectivity index (χ1n) is 4.52. The fourth-order valence-electron chi connectivity index (χ4n) is 1.23. The molecule has 0 saturated heterocycles. The second kappa shape index (κ2) is 4.91. The van der Waals surface area contributed by atoms with Crippen molar-refractivity contribution in [3.63, 3.8) is 0 Å². The summed E-state index contributed by atoms with van der Waals surface area (Å²) in [5.41, 5.74) is 9.90. The molecule has 1 heterocycles. The van der Waals surface area contributed by atoms with Crippen molar-refractivity contribution in [2.45, 2.75) is 6.54 Å². The number of hydrogen-bond acceptors (Lipinski definition) is 4. The molecule has 0 radical (unpaired) electrons. The predicted molar refractivity (Wildman–Crippen MR) is 70.3 cm³/mol. The summed E-state index contributed by atoms with van der Waals surface area (Å²) in [5.74, 6) is 0. The third kappa shape index (κ3) is 2.58. The number of nitrogens with zero attached hydrogens (tertiary/aromatic N) is 1. The van der Waals surface area contributed by atoms with E-state index in [0.717, 1.165) is 11.4 Å². The Morgan fingerprint density at radius 3 is 2.75 bits per heavy atom. The summed E-state index contributed by atoms with van der Waals surface area (Å²) in [7, 11) is 0. The Hall–Kier alpha value is -0.970. The van der Waals surface area contributed by atoms with E-state index < -0.39 is 0 Å². The standard InChI is InChI=1S/C10H9Cl2N3S/c11-7-1-9(13)10(2-8(7)12)14-3-6-4-16-5-15-6/h1-2,4-5,14H,3,13H2. The van der Waals surface area contributed by atoms with Crippen LogP contribution in [-0.2, 0) is 6.54 Å². The maximum Gasteiger partial charge on any atom is 0.0795 e. The van der Waals surface area contributed by atoms with Crippen LogP contribution in [0, 0.1) is 0 Å². The normalized spacial score (nSPS) is 10.4. The Balaban J connectivity index is 2.12. The number of thiazole rings is 1. The zero-order valence-electron chi connectivity index (χ0n) is 8.21. The Labute approximate surface area is 107 Å². The van der Waals surface area contributed by atoms with Gasteiger partial charge in [-0.15, -0.1) is 11.3 Å². The number of aromatic nitrogens is 1. The van der Waals surface area contributed by atoms with Gasteiger partial charge in [0.2, 0.25) is 0 Å². The minimum Gasteiger partial charge on any atom is -0.397 e. The molecule has 0 aliphatic heterocycles. The smallest absolute Gasteiger partial charge is 0.0795 e. The van der Waals surface area contributed by atoms with Gasteiger partial charge in [0.15, 0.2) is 0 Å². The van der Waals surface area contributed by atoms with Crippen LogP contribution in [0.15, 0.2) is 23.0 Å². The van der Waals surface area contributed by atoms with E-state index in [9.17, 15) is 0 Å². The molecule has 84 valence electrons. The molecule has 2 rings (SSSR count). The molecule has 16 heavy (non-hydrogen) atoms. The highest BCUT2D eigenvalue weighted by molar-refractivity contribution is 7.07. The molecule has 0 aliphatic carbocycles. The summed E-state index contributed by atoms with van der Waals surface area (Å²) in [6.07, 6.45) is 0. The van der Waals surface area contributed by atoms with Crippen molar-refractivity contribution in [2.75, 3.05) is 11.1 Å². The van der Waals surface area contributed by atoms with Crippen molar-refractivity contribution in [3.8, 4) is 0 Å². The summed E-state index contributed by atoms with van der Waals surface area (Å²) in [4.78, 5) is 4.16. The Kier molecular flexibility index (Phi) is 3.53. The van der Waals surface area contributed by atoms with E-state index in [-0.39, 0.29) is 0 Å². The highest BCUT2D eigenvalue weighted by atomic mass is 35.5. The molecule has 1 aromatic carbocycles. The van der Waals surface area contributed by atoms with Crippen molar-refractivity contribution in [3.05, 3.63) is 38.8 Å². The monoisotopic (exact) mass is 273 g/mol. The minimum atomic E-state index is 0.457. The van der Waals surface area contributed by atoms with Gasteiger partial charge in [-0.2, -0.15) is 0 Å². The number of rotatable bonds is 3. The van der Waals surface area contributed by atoms with Gasteiger partial charge in [0.25, 0.3) is 0 Å². The van der Waals surface area contributed by atoms with Gasteiger partial charge in [-0.25, -0.2) is 4.98 Å². The summed E-state index contributed by atoms with van der Waals surface area (Å²) in [6, 6.07) is 3.35. The molecule has 2 aromatic rings. The number of nitrogens with one attached hydrogen (secondary N) is 1. The van der Waals surface area contributed by atoms with Crippen molar-refractivity contribution >= 4 is 45.9 Å². The number of nitrogens with two attached hydrogens (primary N) is 1. The largest absolute Gasteiger partial charge is 0.397 e. The number of nitrogen functional groups attached to an aromatic ring is 1. The molecule has 3 nitrogen and oxygen atoms in total. The van der Waals surface area contributed by atoms with Crippen LogP contribution in [0.25, 0.3) is 0 Å². The van der Waals surface area contributed by atoms with Crippen LogP contribution >= 0.6 is 34.5 Å². The lowest BCUT2D eigenvalue weighted by Crippen LogP contribution is -2.02. The number of anilines is 2. The molecule has 0 aliphatic rings. The molecule has 0 unspecified atom stereocenters. The Morgan fingerprint density at radius 2 is 2.06 bits per heavy atom. The zero-order valence-corrected chi connectivity index (χ0v) is 10.5. The SMILES string of the molecule is Nc1cc(Cl)c(Cl)cc1NCc1cscn1. The molecule has 0 saturated carbocycles. The highest BCUT2D eigenvalue weighted by Gasteiger charge is 2.05. The first kappa shape index (κ1) is 11.5. The topological polar surface area (TPSA) is 50.9 Å². The lowest BCUT2D eigenvalue weighted by Gasteiger charge is -2.09. The van der Waals surface area contributed by atoms with Crippen LogP contribution in [0.1, 0.15) is 5.69 Å². The molecule has 3 N–H and O–H groups in total. The molecule has 6 heteroatoms. The van der Waals surface area contributed by atoms with E-state index in [2.05, 4.69) is 10.3 Å². The van der Waals surface area contributed by atoms with Gasteiger partial charge in [0.1, 0.15) is 0 Å². The fourth-order valence-corrected chi connectivity index (χ4v) is 2.12. The molecule has 0 fully saturated rings. The van der Waals surface area contributed by atoms with Crippen LogP contribution in [0.3, 0.4) is 0 Å². The molecular weight excluding hydrogens is 265 g/mol. The quantitative estimate of drug-likeness (QED) is 0.840. The molecule has 0 atom stereocenters. The molecule has 0 amide bonds. The average Bonchev–Trinajstić information content (AvgIpc) is 2.74. The van der Waals surface area contributed by atoms with Gasteiger partial charge in [0.05, 0.1) is 39.2 Å². The third-order valence-corrected chi connectivity index (χ3v) is 3.39.